The first-order valence-electron chi connectivity index (χ1n) is 3.60. The van der Waals surface area contributed by atoms with E-state index in [1.165, 1.54) is 25.4 Å². The number of hydrogen-bond acceptors (Lipinski definition) is 3. The zero-order valence-electron chi connectivity index (χ0n) is 7.00. The van der Waals surface area contributed by atoms with Crippen LogP contribution in [0.2, 0.25) is 0 Å². The molecule has 1 N–H and O–H groups in total. The van der Waals surface area contributed by atoms with Crippen molar-refractivity contribution >= 4 is 0 Å². The summed E-state index contributed by atoms with van der Waals surface area (Å²) in [4.78, 5) is 3.46. The molecule has 0 spiro atoms. The quantitative estimate of drug-likeness (QED) is 0.776. The van der Waals surface area contributed by atoms with Crippen molar-refractivity contribution in [1.29, 1.82) is 0 Å². The Morgan fingerprint density at radius 1 is 1.62 bits per heavy atom. The van der Waals surface area contributed by atoms with Gasteiger partial charge in [0.05, 0.1) is 7.11 Å². The molecule has 1 aromatic heterocycles. The van der Waals surface area contributed by atoms with Crippen molar-refractivity contribution in [3.05, 3.63) is 24.0 Å². The number of methoxy groups -OCH3 is 1. The van der Waals surface area contributed by atoms with Crippen LogP contribution in [0.4, 0.5) is 8.78 Å². The minimum Gasteiger partial charge on any atom is -0.495 e. The third-order valence-corrected chi connectivity index (χ3v) is 1.54. The van der Waals surface area contributed by atoms with E-state index < -0.39 is 18.2 Å². The molecular weight excluding hydrogens is 180 g/mol. The number of aliphatic hydroxyl groups is 1. The molecule has 0 fully saturated rings. The smallest absolute Gasteiger partial charge is 0.315 e. The van der Waals surface area contributed by atoms with Crippen molar-refractivity contribution < 1.29 is 18.6 Å². The molecule has 13 heavy (non-hydrogen) atoms. The lowest BCUT2D eigenvalue weighted by Crippen LogP contribution is -2.21. The Hall–Kier alpha value is -1.23. The topological polar surface area (TPSA) is 42.4 Å². The first-order chi connectivity index (χ1) is 6.11. The summed E-state index contributed by atoms with van der Waals surface area (Å²) < 4.78 is 30.6. The Morgan fingerprint density at radius 2 is 2.31 bits per heavy atom. The highest BCUT2D eigenvalue weighted by Gasteiger charge is 2.35. The second-order valence-corrected chi connectivity index (χ2v) is 2.42. The molecule has 0 radical (unpaired) electrons. The number of hydrogen-bond donors (Lipinski definition) is 1. The van der Waals surface area contributed by atoms with Crippen molar-refractivity contribution in [3.8, 4) is 5.75 Å². The summed E-state index contributed by atoms with van der Waals surface area (Å²) in [5.41, 5.74) is -0.542. The number of pyridine rings is 1. The molecule has 0 unspecified atom stereocenters. The lowest BCUT2D eigenvalue weighted by molar-refractivity contribution is -0.0608. The highest BCUT2D eigenvalue weighted by molar-refractivity contribution is 5.30. The van der Waals surface area contributed by atoms with Crippen molar-refractivity contribution in [2.45, 2.75) is 5.92 Å². The van der Waals surface area contributed by atoms with Crippen LogP contribution in [0.15, 0.2) is 18.3 Å². The first-order valence-corrected chi connectivity index (χ1v) is 3.60. The van der Waals surface area contributed by atoms with Crippen molar-refractivity contribution in [2.75, 3.05) is 13.7 Å². The minimum absolute atomic E-state index is 0.0263. The Labute approximate surface area is 74.0 Å². The summed E-state index contributed by atoms with van der Waals surface area (Å²) in [5.74, 6) is -3.38. The van der Waals surface area contributed by atoms with Crippen LogP contribution in [-0.4, -0.2) is 23.8 Å². The lowest BCUT2D eigenvalue weighted by Gasteiger charge is -2.14. The molecule has 0 aliphatic heterocycles. The number of ether oxygens (including phenoxy) is 1. The summed E-state index contributed by atoms with van der Waals surface area (Å²) in [5, 5.41) is 8.42. The van der Waals surface area contributed by atoms with Crippen LogP contribution in [0.1, 0.15) is 5.69 Å². The number of aromatic nitrogens is 1. The Bertz CT molecular complexity index is 291. The van der Waals surface area contributed by atoms with Gasteiger partial charge in [-0.3, -0.25) is 4.98 Å². The highest BCUT2D eigenvalue weighted by atomic mass is 19.3. The summed E-state index contributed by atoms with van der Waals surface area (Å²) in [6.07, 6.45) is 1.22. The fourth-order valence-electron chi connectivity index (χ4n) is 0.905. The van der Waals surface area contributed by atoms with Crippen molar-refractivity contribution in [3.63, 3.8) is 0 Å². The molecule has 0 bridgehead atoms. The van der Waals surface area contributed by atoms with Crippen molar-refractivity contribution in [1.82, 2.24) is 4.98 Å². The van der Waals surface area contributed by atoms with E-state index in [9.17, 15) is 8.78 Å². The molecule has 0 atom stereocenters. The number of rotatable bonds is 3. The Morgan fingerprint density at radius 3 is 2.85 bits per heavy atom. The molecule has 0 aliphatic rings. The predicted octanol–water partition coefficient (Wildman–Crippen LogP) is 1.17. The molecule has 0 saturated carbocycles. The standard InChI is InChI=1S/C8H9F2NO2/c1-13-6-3-2-4-11-7(6)8(9,10)5-12/h2-4,12H,5H2,1H3. The third kappa shape index (κ3) is 1.92. The molecule has 5 heteroatoms. The first kappa shape index (κ1) is 9.85. The van der Waals surface area contributed by atoms with Gasteiger partial charge >= 0.3 is 5.92 Å². The minimum atomic E-state index is -3.35. The van der Waals surface area contributed by atoms with Crippen molar-refractivity contribution in [2.24, 2.45) is 0 Å². The van der Waals surface area contributed by atoms with Crippen LogP contribution >= 0.6 is 0 Å². The van der Waals surface area contributed by atoms with E-state index in [-0.39, 0.29) is 5.75 Å². The van der Waals surface area contributed by atoms with E-state index in [1.54, 1.807) is 0 Å². The molecule has 0 saturated heterocycles. The van der Waals surface area contributed by atoms with Gasteiger partial charge < -0.3 is 9.84 Å². The summed E-state index contributed by atoms with van der Waals surface area (Å²) in [6, 6.07) is 2.85. The summed E-state index contributed by atoms with van der Waals surface area (Å²) >= 11 is 0. The molecule has 3 nitrogen and oxygen atoms in total. The van der Waals surface area contributed by atoms with Gasteiger partial charge in [0.15, 0.2) is 5.69 Å². The van der Waals surface area contributed by atoms with Crippen LogP contribution in [0, 0.1) is 0 Å². The summed E-state index contributed by atoms with van der Waals surface area (Å²) in [7, 11) is 1.27. The van der Waals surface area contributed by atoms with Gasteiger partial charge in [0, 0.05) is 6.20 Å². The third-order valence-electron chi connectivity index (χ3n) is 1.54. The number of alkyl halides is 2. The summed E-state index contributed by atoms with van der Waals surface area (Å²) in [6.45, 7) is -1.28. The Kier molecular flexibility index (Phi) is 2.77. The van der Waals surface area contributed by atoms with Gasteiger partial charge in [-0.05, 0) is 12.1 Å². The molecule has 1 rings (SSSR count). The maximum atomic E-state index is 12.9. The van der Waals surface area contributed by atoms with Gasteiger partial charge in [0.25, 0.3) is 0 Å². The average Bonchev–Trinajstić information content (AvgIpc) is 2.18. The van der Waals surface area contributed by atoms with Gasteiger partial charge in [0.1, 0.15) is 12.4 Å². The molecular formula is C8H9F2NO2. The fraction of sp³-hybridized carbons (Fsp3) is 0.375. The van der Waals surface area contributed by atoms with E-state index in [4.69, 9.17) is 5.11 Å². The van der Waals surface area contributed by atoms with Gasteiger partial charge in [0.2, 0.25) is 0 Å². The Balaban J connectivity index is 3.12. The largest absolute Gasteiger partial charge is 0.495 e. The van der Waals surface area contributed by atoms with Crippen LogP contribution in [0.25, 0.3) is 0 Å². The molecule has 0 aliphatic carbocycles. The molecule has 1 aromatic rings. The van der Waals surface area contributed by atoms with E-state index in [0.717, 1.165) is 0 Å². The fourth-order valence-corrected chi connectivity index (χ4v) is 0.905. The lowest BCUT2D eigenvalue weighted by atomic mass is 10.2. The maximum Gasteiger partial charge on any atom is 0.315 e. The van der Waals surface area contributed by atoms with Gasteiger partial charge in [-0.1, -0.05) is 0 Å². The van der Waals surface area contributed by atoms with Crippen LogP contribution in [-0.2, 0) is 5.92 Å². The number of halogens is 2. The van der Waals surface area contributed by atoms with E-state index in [0.29, 0.717) is 0 Å². The second kappa shape index (κ2) is 3.66. The zero-order valence-corrected chi connectivity index (χ0v) is 7.00. The maximum absolute atomic E-state index is 12.9. The van der Waals surface area contributed by atoms with Crippen LogP contribution < -0.4 is 4.74 Å². The molecule has 72 valence electrons. The SMILES string of the molecule is COc1cccnc1C(F)(F)CO. The molecule has 0 amide bonds. The second-order valence-electron chi connectivity index (χ2n) is 2.42. The van der Waals surface area contributed by atoms with E-state index >= 15 is 0 Å². The monoisotopic (exact) mass is 189 g/mol. The normalized spacial score (nSPS) is 11.4. The van der Waals surface area contributed by atoms with Crippen LogP contribution in [0.5, 0.6) is 5.75 Å². The number of nitrogens with zero attached hydrogens (tertiary/aromatic N) is 1. The van der Waals surface area contributed by atoms with E-state index in [1.807, 2.05) is 0 Å². The number of aliphatic hydroxyl groups excluding tert-OH is 1. The highest BCUT2D eigenvalue weighted by Crippen LogP contribution is 2.31. The van der Waals surface area contributed by atoms with Crippen LogP contribution in [0.3, 0.4) is 0 Å². The molecule has 1 heterocycles. The van der Waals surface area contributed by atoms with E-state index in [2.05, 4.69) is 9.72 Å². The van der Waals surface area contributed by atoms with Gasteiger partial charge in [-0.25, -0.2) is 0 Å². The van der Waals surface area contributed by atoms with Gasteiger partial charge in [-0.15, -0.1) is 0 Å². The van der Waals surface area contributed by atoms with Gasteiger partial charge in [-0.2, -0.15) is 8.78 Å². The molecule has 0 aromatic carbocycles. The predicted molar refractivity (Wildman–Crippen MR) is 41.8 cm³/mol. The zero-order chi connectivity index (χ0) is 9.90. The average molecular weight is 189 g/mol.